The average Bonchev–Trinajstić information content (AvgIpc) is 2.46. The van der Waals surface area contributed by atoms with Gasteiger partial charge in [0, 0.05) is 13.2 Å². The van der Waals surface area contributed by atoms with E-state index in [1.165, 1.54) is 19.2 Å². The number of alkyl halides is 3. The Morgan fingerprint density at radius 1 is 1.26 bits per heavy atom. The molecule has 1 heterocycles. The molecule has 1 aromatic heterocycles. The SMILES string of the molecule is CN(NC(=O)c1ccccc1Cl)c1ncc(Cl)cc1C(F)(F)F. The first-order chi connectivity index (χ1) is 10.7. The van der Waals surface area contributed by atoms with E-state index in [1.807, 2.05) is 0 Å². The molecule has 0 unspecified atom stereocenters. The fraction of sp³-hybridized carbons (Fsp3) is 0.143. The van der Waals surface area contributed by atoms with Crippen LogP contribution in [0.1, 0.15) is 15.9 Å². The number of nitrogens with one attached hydrogen (secondary N) is 1. The fourth-order valence-corrected chi connectivity index (χ4v) is 2.20. The van der Waals surface area contributed by atoms with Gasteiger partial charge in [0.1, 0.15) is 5.56 Å². The van der Waals surface area contributed by atoms with Crippen molar-refractivity contribution in [1.29, 1.82) is 0 Å². The number of nitrogens with zero attached hydrogens (tertiary/aromatic N) is 2. The molecule has 0 saturated carbocycles. The zero-order valence-electron chi connectivity index (χ0n) is 11.7. The highest BCUT2D eigenvalue weighted by Gasteiger charge is 2.36. The fourth-order valence-electron chi connectivity index (χ4n) is 1.82. The minimum Gasteiger partial charge on any atom is -0.271 e. The Labute approximate surface area is 139 Å². The van der Waals surface area contributed by atoms with Gasteiger partial charge in [0.05, 0.1) is 15.6 Å². The number of hydrogen-bond acceptors (Lipinski definition) is 3. The van der Waals surface area contributed by atoms with E-state index in [2.05, 4.69) is 10.4 Å². The van der Waals surface area contributed by atoms with Crippen LogP contribution in [-0.4, -0.2) is 17.9 Å². The van der Waals surface area contributed by atoms with Crippen molar-refractivity contribution in [2.24, 2.45) is 0 Å². The topological polar surface area (TPSA) is 45.2 Å². The molecule has 0 spiro atoms. The maximum atomic E-state index is 13.1. The van der Waals surface area contributed by atoms with Crippen LogP contribution in [0.2, 0.25) is 10.0 Å². The number of hydrazine groups is 1. The normalized spacial score (nSPS) is 11.2. The maximum Gasteiger partial charge on any atom is 0.420 e. The molecule has 0 bridgehead atoms. The molecule has 1 aromatic carbocycles. The monoisotopic (exact) mass is 363 g/mol. The summed E-state index contributed by atoms with van der Waals surface area (Å²) in [5.74, 6) is -1.15. The van der Waals surface area contributed by atoms with Gasteiger partial charge in [-0.1, -0.05) is 35.3 Å². The van der Waals surface area contributed by atoms with E-state index in [0.29, 0.717) is 0 Å². The number of benzene rings is 1. The van der Waals surface area contributed by atoms with Crippen LogP contribution in [-0.2, 0) is 6.18 Å². The van der Waals surface area contributed by atoms with Crippen LogP contribution in [0, 0.1) is 0 Å². The van der Waals surface area contributed by atoms with Crippen LogP contribution in [0.5, 0.6) is 0 Å². The van der Waals surface area contributed by atoms with Gasteiger partial charge in [-0.2, -0.15) is 13.2 Å². The van der Waals surface area contributed by atoms with Gasteiger partial charge >= 0.3 is 6.18 Å². The summed E-state index contributed by atoms with van der Waals surface area (Å²) in [5, 5.41) is 0.885. The van der Waals surface area contributed by atoms with Gasteiger partial charge in [-0.15, -0.1) is 0 Å². The van der Waals surface area contributed by atoms with Crippen LogP contribution >= 0.6 is 23.2 Å². The summed E-state index contributed by atoms with van der Waals surface area (Å²) >= 11 is 11.4. The van der Waals surface area contributed by atoms with E-state index in [-0.39, 0.29) is 15.6 Å². The molecule has 0 aliphatic rings. The minimum absolute atomic E-state index is 0.128. The third-order valence-corrected chi connectivity index (χ3v) is 3.38. The number of hydrogen-bond donors (Lipinski definition) is 1. The van der Waals surface area contributed by atoms with Gasteiger partial charge in [0.15, 0.2) is 5.82 Å². The van der Waals surface area contributed by atoms with E-state index in [9.17, 15) is 18.0 Å². The van der Waals surface area contributed by atoms with E-state index < -0.39 is 23.5 Å². The third kappa shape index (κ3) is 4.05. The van der Waals surface area contributed by atoms with Gasteiger partial charge in [0.25, 0.3) is 5.91 Å². The first kappa shape index (κ1) is 17.4. The molecule has 0 atom stereocenters. The van der Waals surface area contributed by atoms with Crippen LogP contribution in [0.4, 0.5) is 19.0 Å². The molecule has 1 N–H and O–H groups in total. The highest BCUT2D eigenvalue weighted by molar-refractivity contribution is 6.33. The number of aromatic nitrogens is 1. The quantitative estimate of drug-likeness (QED) is 0.831. The average molecular weight is 364 g/mol. The summed E-state index contributed by atoms with van der Waals surface area (Å²) in [7, 11) is 1.24. The highest BCUT2D eigenvalue weighted by Crippen LogP contribution is 2.36. The van der Waals surface area contributed by atoms with Crippen molar-refractivity contribution in [3.63, 3.8) is 0 Å². The van der Waals surface area contributed by atoms with Crippen molar-refractivity contribution in [2.75, 3.05) is 12.1 Å². The maximum absolute atomic E-state index is 13.1. The summed E-state index contributed by atoms with van der Waals surface area (Å²) in [6.07, 6.45) is -3.61. The molecular weight excluding hydrogens is 354 g/mol. The minimum atomic E-state index is -4.67. The van der Waals surface area contributed by atoms with E-state index in [1.54, 1.807) is 12.1 Å². The number of rotatable bonds is 3. The van der Waals surface area contributed by atoms with Gasteiger partial charge in [-0.05, 0) is 18.2 Å². The second-order valence-corrected chi connectivity index (χ2v) is 5.35. The molecule has 0 radical (unpaired) electrons. The number of carbonyl (C=O) groups excluding carboxylic acids is 1. The van der Waals surface area contributed by atoms with Crippen molar-refractivity contribution in [2.45, 2.75) is 6.18 Å². The number of halogens is 5. The Bertz CT molecular complexity index is 737. The molecule has 23 heavy (non-hydrogen) atoms. The lowest BCUT2D eigenvalue weighted by atomic mass is 10.2. The largest absolute Gasteiger partial charge is 0.420 e. The number of amides is 1. The lowest BCUT2D eigenvalue weighted by Gasteiger charge is -2.23. The van der Waals surface area contributed by atoms with Crippen molar-refractivity contribution < 1.29 is 18.0 Å². The van der Waals surface area contributed by atoms with Gasteiger partial charge in [-0.25, -0.2) is 4.98 Å². The van der Waals surface area contributed by atoms with Gasteiger partial charge in [0.2, 0.25) is 0 Å². The second kappa shape index (κ2) is 6.64. The summed E-state index contributed by atoms with van der Waals surface area (Å²) in [4.78, 5) is 15.7. The predicted molar refractivity (Wildman–Crippen MR) is 81.6 cm³/mol. The highest BCUT2D eigenvalue weighted by atomic mass is 35.5. The van der Waals surface area contributed by atoms with Crippen LogP contribution < -0.4 is 10.4 Å². The van der Waals surface area contributed by atoms with Crippen LogP contribution in [0.3, 0.4) is 0 Å². The Hall–Kier alpha value is -1.99. The Morgan fingerprint density at radius 3 is 2.52 bits per heavy atom. The number of pyridine rings is 1. The van der Waals surface area contributed by atoms with Gasteiger partial charge < -0.3 is 0 Å². The Morgan fingerprint density at radius 2 is 1.91 bits per heavy atom. The first-order valence-electron chi connectivity index (χ1n) is 6.22. The van der Waals surface area contributed by atoms with Crippen LogP contribution in [0.25, 0.3) is 0 Å². The van der Waals surface area contributed by atoms with Crippen molar-refractivity contribution in [1.82, 2.24) is 10.4 Å². The van der Waals surface area contributed by atoms with E-state index in [0.717, 1.165) is 17.3 Å². The molecule has 0 saturated heterocycles. The molecule has 1 amide bonds. The zero-order valence-corrected chi connectivity index (χ0v) is 13.2. The molecule has 0 aliphatic heterocycles. The Balaban J connectivity index is 2.30. The summed E-state index contributed by atoms with van der Waals surface area (Å²) in [6, 6.07) is 6.90. The van der Waals surface area contributed by atoms with E-state index in [4.69, 9.17) is 23.2 Å². The van der Waals surface area contributed by atoms with Crippen molar-refractivity contribution >= 4 is 34.9 Å². The summed E-state index contributed by atoms with van der Waals surface area (Å²) < 4.78 is 39.2. The van der Waals surface area contributed by atoms with Gasteiger partial charge in [-0.3, -0.25) is 15.2 Å². The van der Waals surface area contributed by atoms with E-state index >= 15 is 0 Å². The molecule has 4 nitrogen and oxygen atoms in total. The zero-order chi connectivity index (χ0) is 17.2. The molecule has 0 fully saturated rings. The molecule has 0 aliphatic carbocycles. The number of carbonyl (C=O) groups is 1. The van der Waals surface area contributed by atoms with Crippen LogP contribution in [0.15, 0.2) is 36.5 Å². The molecule has 122 valence electrons. The van der Waals surface area contributed by atoms with Crippen molar-refractivity contribution in [3.05, 3.63) is 57.7 Å². The predicted octanol–water partition coefficient (Wildman–Crippen LogP) is 4.19. The standard InChI is InChI=1S/C14H10Cl2F3N3O/c1-22(21-13(23)9-4-2-3-5-11(9)16)12-10(14(17,18)19)6-8(15)7-20-12/h2-7H,1H3,(H,21,23). The molecular formula is C14H10Cl2F3N3O. The molecule has 9 heteroatoms. The molecule has 2 rings (SSSR count). The third-order valence-electron chi connectivity index (χ3n) is 2.84. The first-order valence-corrected chi connectivity index (χ1v) is 6.97. The smallest absolute Gasteiger partial charge is 0.271 e. The molecule has 2 aromatic rings. The lowest BCUT2D eigenvalue weighted by Crippen LogP contribution is -2.41. The summed E-state index contributed by atoms with van der Waals surface area (Å²) in [5.41, 5.74) is 1.35. The Kier molecular flexibility index (Phi) is 5.01. The second-order valence-electron chi connectivity index (χ2n) is 4.50. The lowest BCUT2D eigenvalue weighted by molar-refractivity contribution is -0.137. The number of anilines is 1. The van der Waals surface area contributed by atoms with Crippen molar-refractivity contribution in [3.8, 4) is 0 Å². The summed E-state index contributed by atoms with van der Waals surface area (Å²) in [6.45, 7) is 0.